The highest BCUT2D eigenvalue weighted by atomic mass is 15.1. The van der Waals surface area contributed by atoms with Crippen LogP contribution in [0.5, 0.6) is 0 Å². The molecule has 0 bridgehead atoms. The second-order valence-electron chi connectivity index (χ2n) is 12.7. The van der Waals surface area contributed by atoms with Crippen molar-refractivity contribution in [2.75, 3.05) is 14.1 Å². The Labute approximate surface area is 286 Å². The number of hydrogen-bond acceptors (Lipinski definition) is 1. The quantitative estimate of drug-likeness (QED) is 0.130. The van der Waals surface area contributed by atoms with Gasteiger partial charge in [0, 0.05) is 31.6 Å². The molecule has 0 radical (unpaired) electrons. The Balaban J connectivity index is 1.50. The van der Waals surface area contributed by atoms with Crippen molar-refractivity contribution in [2.24, 2.45) is 0 Å². The Morgan fingerprint density at radius 2 is 1.00 bits per heavy atom. The Morgan fingerprint density at radius 3 is 1.40 bits per heavy atom. The molecule has 0 saturated carbocycles. The summed E-state index contributed by atoms with van der Waals surface area (Å²) < 4.78 is 0. The van der Waals surface area contributed by atoms with Gasteiger partial charge in [0.25, 0.3) is 0 Å². The van der Waals surface area contributed by atoms with Gasteiger partial charge in [0.15, 0.2) is 0 Å². The SMILES string of the molecule is C=C/C(=C(\C=C)N(C)C)C(c1ccc2ccccc2c1)c1ccc2cc(C(C(/C=C\C)=C/CC)c3ccc4ccccc4c3)ccc2c1. The molecule has 2 unspecified atom stereocenters. The van der Waals surface area contributed by atoms with E-state index in [0.717, 1.165) is 17.7 Å². The zero-order chi connectivity index (χ0) is 33.6. The third kappa shape index (κ3) is 6.55. The second-order valence-corrected chi connectivity index (χ2v) is 12.7. The first-order valence-corrected chi connectivity index (χ1v) is 17.0. The van der Waals surface area contributed by atoms with E-state index in [-0.39, 0.29) is 11.8 Å². The third-order valence-electron chi connectivity index (χ3n) is 9.40. The fraction of sp³-hybridized carbons (Fsp3) is 0.149. The van der Waals surface area contributed by atoms with E-state index < -0.39 is 0 Å². The van der Waals surface area contributed by atoms with Gasteiger partial charge in [-0.25, -0.2) is 0 Å². The molecular formula is C47H45N. The first-order chi connectivity index (χ1) is 23.4. The van der Waals surface area contributed by atoms with Crippen molar-refractivity contribution in [3.05, 3.63) is 204 Å². The molecule has 0 aliphatic carbocycles. The van der Waals surface area contributed by atoms with Gasteiger partial charge in [0.1, 0.15) is 0 Å². The smallest absolute Gasteiger partial charge is 0.0397 e. The molecule has 0 saturated heterocycles. The van der Waals surface area contributed by atoms with Gasteiger partial charge >= 0.3 is 0 Å². The number of rotatable bonds is 11. The Kier molecular flexibility index (Phi) is 9.88. The number of likely N-dealkylation sites (N-methyl/N-ethyl adjacent to an activating group) is 1. The lowest BCUT2D eigenvalue weighted by atomic mass is 9.80. The van der Waals surface area contributed by atoms with Crippen LogP contribution in [-0.4, -0.2) is 19.0 Å². The van der Waals surface area contributed by atoms with Gasteiger partial charge in [-0.3, -0.25) is 0 Å². The Bertz CT molecular complexity index is 2210. The molecular weight excluding hydrogens is 579 g/mol. The van der Waals surface area contributed by atoms with Crippen molar-refractivity contribution in [3.8, 4) is 0 Å². The van der Waals surface area contributed by atoms with E-state index in [4.69, 9.17) is 0 Å². The van der Waals surface area contributed by atoms with E-state index in [9.17, 15) is 0 Å². The molecule has 6 aromatic rings. The molecule has 48 heavy (non-hydrogen) atoms. The minimum atomic E-state index is -0.00860. The molecule has 0 aliphatic heterocycles. The van der Waals surface area contributed by atoms with E-state index in [1.54, 1.807) is 0 Å². The summed E-state index contributed by atoms with van der Waals surface area (Å²) in [6.45, 7) is 12.8. The summed E-state index contributed by atoms with van der Waals surface area (Å²) in [6.07, 6.45) is 11.7. The topological polar surface area (TPSA) is 3.24 Å². The highest BCUT2D eigenvalue weighted by Gasteiger charge is 2.23. The summed E-state index contributed by atoms with van der Waals surface area (Å²) in [5, 5.41) is 7.46. The lowest BCUT2D eigenvalue weighted by Crippen LogP contribution is -2.15. The van der Waals surface area contributed by atoms with Crippen LogP contribution in [0.15, 0.2) is 182 Å². The third-order valence-corrected chi connectivity index (χ3v) is 9.40. The molecule has 6 aromatic carbocycles. The molecule has 0 aromatic heterocycles. The van der Waals surface area contributed by atoms with E-state index in [0.29, 0.717) is 0 Å². The molecule has 0 fully saturated rings. The van der Waals surface area contributed by atoms with E-state index in [1.807, 2.05) is 12.2 Å². The predicted octanol–water partition coefficient (Wildman–Crippen LogP) is 12.5. The van der Waals surface area contributed by atoms with Crippen LogP contribution in [-0.2, 0) is 0 Å². The minimum absolute atomic E-state index is 0.00860. The molecule has 1 nitrogen and oxygen atoms in total. The fourth-order valence-electron chi connectivity index (χ4n) is 7.18. The number of hydrogen-bond donors (Lipinski definition) is 0. The molecule has 6 rings (SSSR count). The lowest BCUT2D eigenvalue weighted by molar-refractivity contribution is 0.521. The number of allylic oxidation sites excluding steroid dienone is 7. The molecule has 238 valence electrons. The normalized spacial score (nSPS) is 13.9. The maximum Gasteiger partial charge on any atom is 0.0397 e. The number of nitrogens with zero attached hydrogens (tertiary/aromatic N) is 1. The first kappa shape index (κ1) is 32.5. The van der Waals surface area contributed by atoms with Gasteiger partial charge in [0.2, 0.25) is 0 Å². The van der Waals surface area contributed by atoms with Crippen molar-refractivity contribution in [3.63, 3.8) is 0 Å². The number of fused-ring (bicyclic) bond motifs is 3. The maximum atomic E-state index is 4.29. The average molecular weight is 624 g/mol. The van der Waals surface area contributed by atoms with Crippen LogP contribution in [0, 0.1) is 0 Å². The van der Waals surface area contributed by atoms with Crippen molar-refractivity contribution in [1.29, 1.82) is 0 Å². The van der Waals surface area contributed by atoms with Crippen LogP contribution >= 0.6 is 0 Å². The molecule has 0 heterocycles. The van der Waals surface area contributed by atoms with Crippen molar-refractivity contribution in [2.45, 2.75) is 32.1 Å². The van der Waals surface area contributed by atoms with Crippen LogP contribution in [0.25, 0.3) is 32.3 Å². The van der Waals surface area contributed by atoms with Crippen molar-refractivity contribution in [1.82, 2.24) is 4.90 Å². The summed E-state index contributed by atoms with van der Waals surface area (Å²) in [6, 6.07) is 44.9. The van der Waals surface area contributed by atoms with Crippen LogP contribution in [0.1, 0.15) is 54.4 Å². The zero-order valence-electron chi connectivity index (χ0n) is 28.7. The van der Waals surface area contributed by atoms with Gasteiger partial charge in [0.05, 0.1) is 0 Å². The summed E-state index contributed by atoms with van der Waals surface area (Å²) in [5.41, 5.74) is 8.59. The molecule has 0 spiro atoms. The van der Waals surface area contributed by atoms with Gasteiger partial charge in [-0.05, 0) is 85.1 Å². The first-order valence-electron chi connectivity index (χ1n) is 17.0. The monoisotopic (exact) mass is 623 g/mol. The molecule has 0 amide bonds. The van der Waals surface area contributed by atoms with Crippen molar-refractivity contribution < 1.29 is 0 Å². The predicted molar refractivity (Wildman–Crippen MR) is 210 cm³/mol. The van der Waals surface area contributed by atoms with Crippen molar-refractivity contribution >= 4 is 32.3 Å². The largest absolute Gasteiger partial charge is 0.377 e. The van der Waals surface area contributed by atoms with Crippen LogP contribution in [0.4, 0.5) is 0 Å². The Hall–Kier alpha value is -5.40. The van der Waals surface area contributed by atoms with Gasteiger partial charge in [-0.2, -0.15) is 0 Å². The van der Waals surface area contributed by atoms with E-state index >= 15 is 0 Å². The average Bonchev–Trinajstić information content (AvgIpc) is 3.11. The molecule has 0 N–H and O–H groups in total. The van der Waals surface area contributed by atoms with Crippen LogP contribution in [0.2, 0.25) is 0 Å². The molecule has 0 aliphatic rings. The van der Waals surface area contributed by atoms with Crippen LogP contribution < -0.4 is 0 Å². The maximum absolute atomic E-state index is 4.29. The fourth-order valence-corrected chi connectivity index (χ4v) is 7.18. The van der Waals surface area contributed by atoms with Gasteiger partial charge in [-0.15, -0.1) is 0 Å². The minimum Gasteiger partial charge on any atom is -0.377 e. The summed E-state index contributed by atoms with van der Waals surface area (Å²) >= 11 is 0. The lowest BCUT2D eigenvalue weighted by Gasteiger charge is -2.26. The standard InChI is InChI=1S/C47H45N/c1-7-15-35(16-8-2)46(40-25-21-33-17-11-13-19-36(33)29-40)41-27-23-39-32-43(28-24-38(39)31-41)47(44(9-3)45(10-4)48(5)6)42-26-22-34-18-12-14-20-37(34)30-42/h7,9-32,46-47H,3-4,8H2,1-2,5-6H3/b15-7-,35-16+,45-44-. The van der Waals surface area contributed by atoms with E-state index in [2.05, 4.69) is 186 Å². The van der Waals surface area contributed by atoms with Gasteiger partial charge < -0.3 is 4.90 Å². The highest BCUT2D eigenvalue weighted by molar-refractivity contribution is 5.87. The summed E-state index contributed by atoms with van der Waals surface area (Å²) in [7, 11) is 4.14. The summed E-state index contributed by atoms with van der Waals surface area (Å²) in [4.78, 5) is 2.13. The van der Waals surface area contributed by atoms with E-state index in [1.165, 1.54) is 60.1 Å². The molecule has 2 atom stereocenters. The van der Waals surface area contributed by atoms with Gasteiger partial charge in [-0.1, -0.05) is 166 Å². The zero-order valence-corrected chi connectivity index (χ0v) is 28.7. The highest BCUT2D eigenvalue weighted by Crippen LogP contribution is 2.40. The number of benzene rings is 6. The Morgan fingerprint density at radius 1 is 0.583 bits per heavy atom. The second kappa shape index (κ2) is 14.6. The summed E-state index contributed by atoms with van der Waals surface area (Å²) in [5.74, 6) is 0.122. The molecule has 1 heteroatoms. The van der Waals surface area contributed by atoms with Crippen LogP contribution in [0.3, 0.4) is 0 Å².